The highest BCUT2D eigenvalue weighted by molar-refractivity contribution is 7.14. The molecule has 0 spiro atoms. The summed E-state index contributed by atoms with van der Waals surface area (Å²) in [6.07, 6.45) is 0. The van der Waals surface area contributed by atoms with Crippen molar-refractivity contribution in [2.75, 3.05) is 10.6 Å². The van der Waals surface area contributed by atoms with E-state index in [0.717, 1.165) is 5.56 Å². The Labute approximate surface area is 193 Å². The van der Waals surface area contributed by atoms with E-state index < -0.39 is 5.91 Å². The molecule has 0 aliphatic rings. The van der Waals surface area contributed by atoms with Crippen LogP contribution in [-0.4, -0.2) is 16.8 Å². The van der Waals surface area contributed by atoms with E-state index in [4.69, 9.17) is 14.4 Å². The lowest BCUT2D eigenvalue weighted by atomic mass is 10.1. The van der Waals surface area contributed by atoms with Gasteiger partial charge < -0.3 is 14.5 Å². The molecule has 2 heterocycles. The molecule has 8 nitrogen and oxygen atoms in total. The molecule has 164 valence electrons. The van der Waals surface area contributed by atoms with E-state index in [-0.39, 0.29) is 18.3 Å². The van der Waals surface area contributed by atoms with Crippen molar-refractivity contribution < 1.29 is 18.7 Å². The van der Waals surface area contributed by atoms with Crippen molar-refractivity contribution in [2.24, 2.45) is 0 Å². The molecule has 0 fully saturated rings. The van der Waals surface area contributed by atoms with E-state index in [2.05, 4.69) is 21.7 Å². The number of rotatable bonds is 7. The number of nitrogens with zero attached hydrogens (tertiary/aromatic N) is 2. The van der Waals surface area contributed by atoms with Crippen molar-refractivity contribution in [1.29, 1.82) is 5.26 Å². The zero-order valence-corrected chi connectivity index (χ0v) is 18.3. The SMILES string of the molecule is CC(=O)Nc1ccc(-c2csc(NC(=O)c3ccc(COc4ccccc4C#N)o3)n2)cc1. The lowest BCUT2D eigenvalue weighted by Crippen LogP contribution is -2.10. The number of anilines is 2. The number of benzene rings is 2. The fourth-order valence-corrected chi connectivity index (χ4v) is 3.68. The Bertz CT molecular complexity index is 1340. The first-order chi connectivity index (χ1) is 16.0. The minimum absolute atomic E-state index is 0.0852. The fraction of sp³-hybridized carbons (Fsp3) is 0.0833. The van der Waals surface area contributed by atoms with Gasteiger partial charge in [0.2, 0.25) is 5.91 Å². The maximum Gasteiger partial charge on any atom is 0.293 e. The van der Waals surface area contributed by atoms with Crippen molar-refractivity contribution in [3.05, 3.63) is 83.1 Å². The van der Waals surface area contributed by atoms with E-state index in [0.29, 0.717) is 33.6 Å². The van der Waals surface area contributed by atoms with Crippen molar-refractivity contribution in [3.63, 3.8) is 0 Å². The number of furan rings is 1. The van der Waals surface area contributed by atoms with E-state index in [1.165, 1.54) is 18.3 Å². The normalized spacial score (nSPS) is 10.3. The summed E-state index contributed by atoms with van der Waals surface area (Å²) in [7, 11) is 0. The number of para-hydroxylation sites is 1. The monoisotopic (exact) mass is 458 g/mol. The van der Waals surface area contributed by atoms with Crippen LogP contribution in [0, 0.1) is 11.3 Å². The third kappa shape index (κ3) is 5.44. The van der Waals surface area contributed by atoms with Crippen LogP contribution < -0.4 is 15.4 Å². The number of carbonyl (C=O) groups excluding carboxylic acids is 2. The molecular weight excluding hydrogens is 440 g/mol. The first-order valence-electron chi connectivity index (χ1n) is 9.87. The molecule has 2 amide bonds. The number of amides is 2. The van der Waals surface area contributed by atoms with Crippen LogP contribution in [0.3, 0.4) is 0 Å². The number of hydrogen-bond donors (Lipinski definition) is 2. The van der Waals surface area contributed by atoms with Crippen molar-refractivity contribution in [2.45, 2.75) is 13.5 Å². The van der Waals surface area contributed by atoms with Crippen LogP contribution in [0.5, 0.6) is 5.75 Å². The number of carbonyl (C=O) groups is 2. The van der Waals surface area contributed by atoms with Crippen molar-refractivity contribution in [3.8, 4) is 23.1 Å². The zero-order chi connectivity index (χ0) is 23.2. The molecule has 9 heteroatoms. The molecule has 0 saturated heterocycles. The number of ether oxygens (including phenoxy) is 1. The number of aromatic nitrogens is 1. The first-order valence-corrected chi connectivity index (χ1v) is 10.8. The van der Waals surface area contributed by atoms with Gasteiger partial charge in [0.1, 0.15) is 24.2 Å². The van der Waals surface area contributed by atoms with Gasteiger partial charge in [-0.2, -0.15) is 5.26 Å². The molecule has 0 bridgehead atoms. The van der Waals surface area contributed by atoms with Gasteiger partial charge in [-0.15, -0.1) is 11.3 Å². The quantitative estimate of drug-likeness (QED) is 0.400. The molecule has 4 rings (SSSR count). The molecule has 0 saturated carbocycles. The standard InChI is InChI=1S/C24H18N4O4S/c1-15(29)26-18-8-6-16(7-9-18)20-14-33-24(27-20)28-23(30)22-11-10-19(32-22)13-31-21-5-3-2-4-17(21)12-25/h2-11,14H,13H2,1H3,(H,26,29)(H,27,28,30). The molecule has 0 atom stereocenters. The zero-order valence-electron chi connectivity index (χ0n) is 17.5. The molecule has 2 aromatic heterocycles. The molecule has 2 aromatic carbocycles. The number of hydrogen-bond acceptors (Lipinski definition) is 7. The summed E-state index contributed by atoms with van der Waals surface area (Å²) in [5.41, 5.74) is 2.68. The highest BCUT2D eigenvalue weighted by Gasteiger charge is 2.15. The minimum atomic E-state index is -0.430. The van der Waals surface area contributed by atoms with Gasteiger partial charge in [0.05, 0.1) is 11.3 Å². The average Bonchev–Trinajstić information content (AvgIpc) is 3.48. The Morgan fingerprint density at radius 3 is 2.64 bits per heavy atom. The fourth-order valence-electron chi connectivity index (χ4n) is 2.96. The third-order valence-electron chi connectivity index (χ3n) is 4.49. The summed E-state index contributed by atoms with van der Waals surface area (Å²) in [4.78, 5) is 28.1. The summed E-state index contributed by atoms with van der Waals surface area (Å²) >= 11 is 1.29. The Kier molecular flexibility index (Phi) is 6.48. The average molecular weight is 458 g/mol. The van der Waals surface area contributed by atoms with Crippen LogP contribution in [0.1, 0.15) is 28.8 Å². The van der Waals surface area contributed by atoms with Gasteiger partial charge in [0.25, 0.3) is 5.91 Å². The maximum absolute atomic E-state index is 12.5. The molecule has 4 aromatic rings. The van der Waals surface area contributed by atoms with Gasteiger partial charge in [-0.25, -0.2) is 4.98 Å². The Morgan fingerprint density at radius 2 is 1.88 bits per heavy atom. The first kappa shape index (κ1) is 21.8. The Balaban J connectivity index is 1.36. The highest BCUT2D eigenvalue weighted by Crippen LogP contribution is 2.26. The number of nitrogens with one attached hydrogen (secondary N) is 2. The lowest BCUT2D eigenvalue weighted by Gasteiger charge is -2.05. The smallest absolute Gasteiger partial charge is 0.293 e. The summed E-state index contributed by atoms with van der Waals surface area (Å²) in [5, 5.41) is 16.8. The van der Waals surface area contributed by atoms with Crippen LogP contribution in [-0.2, 0) is 11.4 Å². The predicted octanol–water partition coefficient (Wildman–Crippen LogP) is 5.06. The largest absolute Gasteiger partial charge is 0.484 e. The molecular formula is C24H18N4O4S. The summed E-state index contributed by atoms with van der Waals surface area (Å²) in [6.45, 7) is 1.54. The molecule has 0 radical (unpaired) electrons. The molecule has 2 N–H and O–H groups in total. The third-order valence-corrected chi connectivity index (χ3v) is 5.25. The van der Waals surface area contributed by atoms with Gasteiger partial charge in [-0.3, -0.25) is 14.9 Å². The summed E-state index contributed by atoms with van der Waals surface area (Å²) < 4.78 is 11.2. The van der Waals surface area contributed by atoms with Crippen LogP contribution >= 0.6 is 11.3 Å². The van der Waals surface area contributed by atoms with E-state index in [1.807, 2.05) is 17.5 Å². The van der Waals surface area contributed by atoms with Crippen LogP contribution in [0.15, 0.2) is 70.5 Å². The maximum atomic E-state index is 12.5. The Hall–Kier alpha value is -4.42. The number of nitriles is 1. The predicted molar refractivity (Wildman–Crippen MR) is 124 cm³/mol. The van der Waals surface area contributed by atoms with Gasteiger partial charge in [-0.05, 0) is 36.4 Å². The van der Waals surface area contributed by atoms with E-state index >= 15 is 0 Å². The molecule has 33 heavy (non-hydrogen) atoms. The molecule has 0 aliphatic carbocycles. The summed E-state index contributed by atoms with van der Waals surface area (Å²) in [5.74, 6) is 0.454. The lowest BCUT2D eigenvalue weighted by molar-refractivity contribution is -0.114. The molecule has 0 aliphatic heterocycles. The second kappa shape index (κ2) is 9.80. The van der Waals surface area contributed by atoms with Crippen LogP contribution in [0.25, 0.3) is 11.3 Å². The topological polar surface area (TPSA) is 117 Å². The van der Waals surface area contributed by atoms with E-state index in [1.54, 1.807) is 48.5 Å². The van der Waals surface area contributed by atoms with Gasteiger partial charge in [0, 0.05) is 23.6 Å². The van der Waals surface area contributed by atoms with Gasteiger partial charge in [-0.1, -0.05) is 24.3 Å². The Morgan fingerprint density at radius 1 is 1.09 bits per heavy atom. The second-order valence-electron chi connectivity index (χ2n) is 6.91. The van der Waals surface area contributed by atoms with Crippen molar-refractivity contribution >= 4 is 34.0 Å². The summed E-state index contributed by atoms with van der Waals surface area (Å²) in [6, 6.07) is 19.4. The van der Waals surface area contributed by atoms with Gasteiger partial charge >= 0.3 is 0 Å². The van der Waals surface area contributed by atoms with Crippen LogP contribution in [0.4, 0.5) is 10.8 Å². The van der Waals surface area contributed by atoms with Gasteiger partial charge in [0.15, 0.2) is 10.9 Å². The second-order valence-corrected chi connectivity index (χ2v) is 7.77. The number of thiazole rings is 1. The van der Waals surface area contributed by atoms with E-state index in [9.17, 15) is 9.59 Å². The highest BCUT2D eigenvalue weighted by atomic mass is 32.1. The van der Waals surface area contributed by atoms with Crippen molar-refractivity contribution in [1.82, 2.24) is 4.98 Å². The molecule has 0 unspecified atom stereocenters. The minimum Gasteiger partial charge on any atom is -0.484 e. The van der Waals surface area contributed by atoms with Crippen LogP contribution in [0.2, 0.25) is 0 Å².